The van der Waals surface area contributed by atoms with E-state index in [-0.39, 0.29) is 17.3 Å². The Morgan fingerprint density at radius 3 is 2.15 bits per heavy atom. The predicted octanol–water partition coefficient (Wildman–Crippen LogP) is 2.41. The van der Waals surface area contributed by atoms with Crippen molar-refractivity contribution in [3.63, 3.8) is 0 Å². The van der Waals surface area contributed by atoms with Crippen LogP contribution in [0.1, 0.15) is 5.56 Å². The van der Waals surface area contributed by atoms with Crippen LogP contribution in [0.4, 0.5) is 5.69 Å². The smallest absolute Gasteiger partial charge is 0.258 e. The van der Waals surface area contributed by atoms with Gasteiger partial charge in [0.25, 0.3) is 11.8 Å². The number of imide groups is 1. The van der Waals surface area contributed by atoms with Crippen molar-refractivity contribution in [3.8, 4) is 0 Å². The molecule has 1 aliphatic heterocycles. The number of benzene rings is 2. The number of hydrogen-bond donors (Lipinski definition) is 0. The molecular formula is C15H12ClNO3. The normalized spacial score (nSPS) is 14.0. The molecule has 5 heteroatoms. The number of anilines is 1. The largest absolute Gasteiger partial charge is 0.412 e. The van der Waals surface area contributed by atoms with E-state index in [1.807, 2.05) is 31.2 Å². The van der Waals surface area contributed by atoms with Crippen molar-refractivity contribution in [2.24, 2.45) is 0 Å². The lowest BCUT2D eigenvalue weighted by Gasteiger charge is -2.19. The molecule has 0 saturated heterocycles. The second-order valence-corrected chi connectivity index (χ2v) is 4.82. The Bertz CT molecular complexity index is 734. The van der Waals surface area contributed by atoms with E-state index in [2.05, 4.69) is 0 Å². The van der Waals surface area contributed by atoms with Crippen LogP contribution in [0.25, 0.3) is 10.8 Å². The maximum Gasteiger partial charge on any atom is 0.258 e. The van der Waals surface area contributed by atoms with Crippen molar-refractivity contribution < 1.29 is 15.1 Å². The van der Waals surface area contributed by atoms with E-state index >= 15 is 0 Å². The van der Waals surface area contributed by atoms with Crippen LogP contribution in [0.5, 0.6) is 0 Å². The number of nitrogens with zero attached hydrogens (tertiary/aromatic N) is 1. The summed E-state index contributed by atoms with van der Waals surface area (Å²) in [5.41, 5.74) is 1.41. The minimum absolute atomic E-state index is 0. The number of halogens is 1. The zero-order chi connectivity index (χ0) is 13.6. The molecule has 1 heterocycles. The number of amides is 2. The van der Waals surface area contributed by atoms with Crippen molar-refractivity contribution in [1.29, 1.82) is 0 Å². The third-order valence-corrected chi connectivity index (χ3v) is 3.50. The first-order valence-electron chi connectivity index (χ1n) is 5.83. The number of carbonyl (C=O) groups is 2. The van der Waals surface area contributed by atoms with E-state index in [0.717, 1.165) is 16.3 Å². The van der Waals surface area contributed by atoms with Gasteiger partial charge in [0.2, 0.25) is 0 Å². The molecule has 0 unspecified atom stereocenters. The average molecular weight is 290 g/mol. The summed E-state index contributed by atoms with van der Waals surface area (Å²) in [6.07, 6.45) is 2.57. The lowest BCUT2D eigenvalue weighted by Crippen LogP contribution is -2.30. The second-order valence-electron chi connectivity index (χ2n) is 4.41. The van der Waals surface area contributed by atoms with Crippen LogP contribution in [0.2, 0.25) is 5.02 Å². The highest BCUT2D eigenvalue weighted by molar-refractivity contribution is 6.37. The van der Waals surface area contributed by atoms with Crippen molar-refractivity contribution >= 4 is 39.9 Å². The van der Waals surface area contributed by atoms with Crippen molar-refractivity contribution in [2.75, 3.05) is 4.90 Å². The summed E-state index contributed by atoms with van der Waals surface area (Å²) in [4.78, 5) is 24.9. The van der Waals surface area contributed by atoms with Gasteiger partial charge in [0.05, 0.1) is 5.69 Å². The van der Waals surface area contributed by atoms with Gasteiger partial charge in [0, 0.05) is 27.9 Å². The van der Waals surface area contributed by atoms with Crippen LogP contribution in [0, 0.1) is 6.92 Å². The first kappa shape index (κ1) is 14.2. The maximum atomic E-state index is 11.9. The molecule has 102 valence electrons. The molecule has 20 heavy (non-hydrogen) atoms. The van der Waals surface area contributed by atoms with E-state index in [0.29, 0.717) is 10.7 Å². The summed E-state index contributed by atoms with van der Waals surface area (Å²) in [7, 11) is 0. The fourth-order valence-corrected chi connectivity index (χ4v) is 2.69. The van der Waals surface area contributed by atoms with Gasteiger partial charge in [-0.1, -0.05) is 35.9 Å². The maximum absolute atomic E-state index is 11.9. The molecule has 0 aromatic heterocycles. The lowest BCUT2D eigenvalue weighted by molar-refractivity contribution is -0.119. The van der Waals surface area contributed by atoms with Gasteiger partial charge in [-0.15, -0.1) is 0 Å². The summed E-state index contributed by atoms with van der Waals surface area (Å²) in [5.74, 6) is -0.638. The average Bonchev–Trinajstić information content (AvgIpc) is 2.71. The Morgan fingerprint density at radius 1 is 1.00 bits per heavy atom. The highest BCUT2D eigenvalue weighted by atomic mass is 35.5. The Hall–Kier alpha value is -2.17. The van der Waals surface area contributed by atoms with Gasteiger partial charge in [0.15, 0.2) is 0 Å². The molecule has 3 rings (SSSR count). The van der Waals surface area contributed by atoms with E-state index in [4.69, 9.17) is 11.6 Å². The van der Waals surface area contributed by atoms with E-state index in [1.165, 1.54) is 17.1 Å². The fraction of sp³-hybridized carbons (Fsp3) is 0.0667. The molecule has 0 atom stereocenters. The predicted molar refractivity (Wildman–Crippen MR) is 78.9 cm³/mol. The molecule has 2 aromatic carbocycles. The molecule has 2 N–H and O–H groups in total. The van der Waals surface area contributed by atoms with Crippen molar-refractivity contribution in [3.05, 3.63) is 53.1 Å². The topological polar surface area (TPSA) is 68.9 Å². The summed E-state index contributed by atoms with van der Waals surface area (Å²) < 4.78 is 0. The second kappa shape index (κ2) is 5.07. The fourth-order valence-electron chi connectivity index (χ4n) is 2.36. The minimum Gasteiger partial charge on any atom is -0.412 e. The van der Waals surface area contributed by atoms with Gasteiger partial charge in [-0.2, -0.15) is 0 Å². The summed E-state index contributed by atoms with van der Waals surface area (Å²) >= 11 is 6.21. The molecule has 0 radical (unpaired) electrons. The van der Waals surface area contributed by atoms with Crippen LogP contribution >= 0.6 is 11.6 Å². The van der Waals surface area contributed by atoms with Crippen molar-refractivity contribution in [1.82, 2.24) is 0 Å². The molecule has 0 fully saturated rings. The van der Waals surface area contributed by atoms with E-state index in [1.54, 1.807) is 6.07 Å². The van der Waals surface area contributed by atoms with Crippen LogP contribution < -0.4 is 4.90 Å². The van der Waals surface area contributed by atoms with Gasteiger partial charge in [-0.3, -0.25) is 9.59 Å². The molecule has 0 bridgehead atoms. The number of aryl methyl sites for hydroxylation is 1. The molecule has 2 amide bonds. The van der Waals surface area contributed by atoms with E-state index < -0.39 is 0 Å². The highest BCUT2D eigenvalue weighted by Crippen LogP contribution is 2.36. The van der Waals surface area contributed by atoms with Gasteiger partial charge in [0.1, 0.15) is 0 Å². The van der Waals surface area contributed by atoms with Crippen molar-refractivity contribution in [2.45, 2.75) is 6.92 Å². The Balaban J connectivity index is 0.00000147. The highest BCUT2D eigenvalue weighted by Gasteiger charge is 2.28. The lowest BCUT2D eigenvalue weighted by atomic mass is 10.0. The quantitative estimate of drug-likeness (QED) is 0.757. The Morgan fingerprint density at radius 2 is 1.55 bits per heavy atom. The third-order valence-electron chi connectivity index (χ3n) is 3.19. The first-order chi connectivity index (χ1) is 9.09. The number of fused-ring (bicyclic) bond motifs is 1. The summed E-state index contributed by atoms with van der Waals surface area (Å²) in [5, 5.41) is 2.25. The molecule has 0 spiro atoms. The Kier molecular flexibility index (Phi) is 3.61. The molecule has 2 aromatic rings. The Labute approximate surface area is 120 Å². The van der Waals surface area contributed by atoms with Crippen LogP contribution in [-0.4, -0.2) is 17.3 Å². The molecule has 0 saturated carbocycles. The summed E-state index contributed by atoms with van der Waals surface area (Å²) in [6.45, 7) is 1.84. The van der Waals surface area contributed by atoms with Crippen LogP contribution in [0.15, 0.2) is 42.5 Å². The van der Waals surface area contributed by atoms with Gasteiger partial charge in [-0.25, -0.2) is 4.90 Å². The molecule has 0 aliphatic carbocycles. The third kappa shape index (κ3) is 1.99. The summed E-state index contributed by atoms with van der Waals surface area (Å²) in [6, 6.07) is 9.25. The van der Waals surface area contributed by atoms with Crippen LogP contribution in [-0.2, 0) is 9.59 Å². The molecular weight excluding hydrogens is 278 g/mol. The monoisotopic (exact) mass is 289 g/mol. The zero-order valence-corrected chi connectivity index (χ0v) is 11.4. The standard InChI is InChI=1S/C15H10ClNO2.H2O/c1-9-8-12(16)10-4-2-3-5-11(10)15(9)17-13(18)6-7-14(17)19;/h2-8H,1H3;1H2. The molecule has 4 nitrogen and oxygen atoms in total. The van der Waals surface area contributed by atoms with Gasteiger partial charge in [-0.05, 0) is 18.6 Å². The minimum atomic E-state index is -0.319. The molecule has 1 aliphatic rings. The van der Waals surface area contributed by atoms with E-state index in [9.17, 15) is 9.59 Å². The number of carbonyl (C=O) groups excluding carboxylic acids is 2. The first-order valence-corrected chi connectivity index (χ1v) is 6.21. The van der Waals surface area contributed by atoms with Gasteiger partial charge < -0.3 is 5.48 Å². The zero-order valence-electron chi connectivity index (χ0n) is 10.7. The van der Waals surface area contributed by atoms with Gasteiger partial charge >= 0.3 is 0 Å². The number of hydrogen-bond acceptors (Lipinski definition) is 2. The van der Waals surface area contributed by atoms with Crippen LogP contribution in [0.3, 0.4) is 0 Å². The SMILES string of the molecule is Cc1cc(Cl)c2ccccc2c1N1C(=O)C=CC1=O.O. The number of rotatable bonds is 1.